The number of nitrogens with zero attached hydrogens (tertiary/aromatic N) is 2. The van der Waals surface area contributed by atoms with E-state index in [9.17, 15) is 4.79 Å². The molecule has 3 aliphatic rings. The van der Waals surface area contributed by atoms with Gasteiger partial charge in [-0.3, -0.25) is 4.79 Å². The Labute approximate surface area is 210 Å². The summed E-state index contributed by atoms with van der Waals surface area (Å²) in [5.41, 5.74) is 4.26. The summed E-state index contributed by atoms with van der Waals surface area (Å²) in [6.07, 6.45) is 10.7. The topological polar surface area (TPSA) is 51.1 Å². The van der Waals surface area contributed by atoms with Crippen LogP contribution in [0.3, 0.4) is 0 Å². The van der Waals surface area contributed by atoms with Gasteiger partial charge in [0.15, 0.2) is 11.5 Å². The van der Waals surface area contributed by atoms with E-state index in [0.29, 0.717) is 6.54 Å². The Morgan fingerprint density at radius 2 is 1.68 bits per heavy atom. The van der Waals surface area contributed by atoms with Crippen molar-refractivity contribution in [2.75, 3.05) is 7.11 Å². The highest BCUT2D eigenvalue weighted by Crippen LogP contribution is 2.38. The number of ether oxygens (including phenoxy) is 2. The van der Waals surface area contributed by atoms with Gasteiger partial charge in [-0.05, 0) is 67.9 Å². The zero-order chi connectivity index (χ0) is 23.5. The SMILES string of the molecule is COc1ccc(C2=NN(Cc3ccc(CBr)cc3)C(=O)[C@H]3CC=CC[C@@H]23)cc1OC1CCCC1. The number of rotatable bonds is 7. The van der Waals surface area contributed by atoms with Crippen LogP contribution in [0.4, 0.5) is 0 Å². The number of hydrazone groups is 1. The summed E-state index contributed by atoms with van der Waals surface area (Å²) in [7, 11) is 1.68. The number of benzene rings is 2. The normalized spacial score (nSPS) is 22.5. The van der Waals surface area contributed by atoms with Crippen LogP contribution in [0.25, 0.3) is 0 Å². The molecule has 1 heterocycles. The van der Waals surface area contributed by atoms with Crippen molar-refractivity contribution in [2.24, 2.45) is 16.9 Å². The fourth-order valence-corrected chi connectivity index (χ4v) is 5.61. The zero-order valence-corrected chi connectivity index (χ0v) is 21.2. The van der Waals surface area contributed by atoms with Gasteiger partial charge in [0.1, 0.15) is 0 Å². The second kappa shape index (κ2) is 10.3. The van der Waals surface area contributed by atoms with Gasteiger partial charge < -0.3 is 9.47 Å². The lowest BCUT2D eigenvalue weighted by Crippen LogP contribution is -2.45. The Kier molecular flexibility index (Phi) is 7.05. The second-order valence-electron chi connectivity index (χ2n) is 9.38. The molecule has 0 aromatic heterocycles. The lowest BCUT2D eigenvalue weighted by molar-refractivity contribution is -0.138. The molecule has 5 nitrogen and oxygen atoms in total. The number of methoxy groups -OCH3 is 1. The highest BCUT2D eigenvalue weighted by atomic mass is 79.9. The number of hydrogen-bond donors (Lipinski definition) is 0. The molecule has 0 bridgehead atoms. The van der Waals surface area contributed by atoms with Crippen molar-refractivity contribution in [3.05, 3.63) is 71.3 Å². The monoisotopic (exact) mass is 522 g/mol. The summed E-state index contributed by atoms with van der Waals surface area (Å²) >= 11 is 3.49. The van der Waals surface area contributed by atoms with E-state index in [1.807, 2.05) is 12.1 Å². The summed E-state index contributed by atoms with van der Waals surface area (Å²) < 4.78 is 11.9. The first-order valence-corrected chi connectivity index (χ1v) is 13.3. The molecule has 0 N–H and O–H groups in total. The minimum atomic E-state index is -0.0828. The molecule has 1 aliphatic heterocycles. The van der Waals surface area contributed by atoms with Crippen molar-refractivity contribution >= 4 is 27.5 Å². The maximum atomic E-state index is 13.4. The molecule has 178 valence electrons. The minimum absolute atomic E-state index is 0.0808. The van der Waals surface area contributed by atoms with Crippen LogP contribution in [-0.4, -0.2) is 29.8 Å². The number of carbonyl (C=O) groups is 1. The molecule has 0 spiro atoms. The minimum Gasteiger partial charge on any atom is -0.493 e. The Balaban J connectivity index is 1.48. The van der Waals surface area contributed by atoms with Gasteiger partial charge in [-0.1, -0.05) is 52.3 Å². The van der Waals surface area contributed by atoms with Gasteiger partial charge in [0.05, 0.1) is 31.4 Å². The van der Waals surface area contributed by atoms with Crippen LogP contribution >= 0.6 is 15.9 Å². The van der Waals surface area contributed by atoms with E-state index in [1.165, 1.54) is 18.4 Å². The fourth-order valence-electron chi connectivity index (χ4n) is 5.24. The number of amides is 1. The van der Waals surface area contributed by atoms with Crippen LogP contribution in [0.1, 0.15) is 55.2 Å². The third kappa shape index (κ3) is 4.78. The number of halogens is 1. The van der Waals surface area contributed by atoms with Crippen molar-refractivity contribution < 1.29 is 14.3 Å². The van der Waals surface area contributed by atoms with E-state index in [1.54, 1.807) is 12.1 Å². The Hall–Kier alpha value is -2.60. The fraction of sp³-hybridized carbons (Fsp3) is 0.429. The summed E-state index contributed by atoms with van der Waals surface area (Å²) in [4.78, 5) is 13.4. The molecule has 2 aromatic carbocycles. The average Bonchev–Trinajstić information content (AvgIpc) is 3.39. The second-order valence-corrected chi connectivity index (χ2v) is 9.94. The third-order valence-electron chi connectivity index (χ3n) is 7.15. The van der Waals surface area contributed by atoms with E-state index in [4.69, 9.17) is 14.6 Å². The van der Waals surface area contributed by atoms with Crippen LogP contribution in [0.15, 0.2) is 59.7 Å². The quantitative estimate of drug-likeness (QED) is 0.319. The molecular weight excluding hydrogens is 492 g/mol. The molecule has 2 aromatic rings. The number of hydrogen-bond acceptors (Lipinski definition) is 4. The maximum absolute atomic E-state index is 13.4. The van der Waals surface area contributed by atoms with Crippen molar-refractivity contribution in [3.63, 3.8) is 0 Å². The van der Waals surface area contributed by atoms with Gasteiger partial charge >= 0.3 is 0 Å². The zero-order valence-electron chi connectivity index (χ0n) is 19.6. The first-order chi connectivity index (χ1) is 16.7. The van der Waals surface area contributed by atoms with Crippen LogP contribution < -0.4 is 9.47 Å². The van der Waals surface area contributed by atoms with Gasteiger partial charge in [0.2, 0.25) is 5.91 Å². The maximum Gasteiger partial charge on any atom is 0.247 e. The first-order valence-electron chi connectivity index (χ1n) is 12.2. The summed E-state index contributed by atoms with van der Waals surface area (Å²) in [5.74, 6) is 1.62. The standard InChI is InChI=1S/C28H31BrN2O3/c1-33-25-15-14-21(16-26(25)34-22-6-2-3-7-22)27-23-8-4-5-9-24(23)28(32)31(30-27)18-20-12-10-19(17-29)11-13-20/h4-5,10-16,22-24H,2-3,6-9,17-18H2,1H3/t23-,24+/m1/s1. The molecule has 2 aliphatic carbocycles. The number of allylic oxidation sites excluding steroid dienone is 2. The predicted molar refractivity (Wildman–Crippen MR) is 137 cm³/mol. The van der Waals surface area contributed by atoms with Crippen LogP contribution in [0.5, 0.6) is 11.5 Å². The van der Waals surface area contributed by atoms with E-state index in [-0.39, 0.29) is 23.8 Å². The van der Waals surface area contributed by atoms with Crippen LogP contribution in [0.2, 0.25) is 0 Å². The lowest BCUT2D eigenvalue weighted by Gasteiger charge is -2.37. The van der Waals surface area contributed by atoms with E-state index >= 15 is 0 Å². The predicted octanol–water partition coefficient (Wildman–Crippen LogP) is 6.24. The Morgan fingerprint density at radius 3 is 2.38 bits per heavy atom. The molecular formula is C28H31BrN2O3. The van der Waals surface area contributed by atoms with Crippen LogP contribution in [-0.2, 0) is 16.7 Å². The van der Waals surface area contributed by atoms with Gasteiger partial charge in [0, 0.05) is 16.8 Å². The molecule has 0 saturated heterocycles. The smallest absolute Gasteiger partial charge is 0.247 e. The molecule has 1 amide bonds. The van der Waals surface area contributed by atoms with E-state index in [2.05, 4.69) is 58.4 Å². The van der Waals surface area contributed by atoms with Gasteiger partial charge in [0.25, 0.3) is 0 Å². The summed E-state index contributed by atoms with van der Waals surface area (Å²) in [5, 5.41) is 7.43. The number of alkyl halides is 1. The van der Waals surface area contributed by atoms with Gasteiger partial charge in [-0.2, -0.15) is 5.10 Å². The number of carbonyl (C=O) groups excluding carboxylic acids is 1. The lowest BCUT2D eigenvalue weighted by atomic mass is 9.76. The average molecular weight is 523 g/mol. The highest BCUT2D eigenvalue weighted by molar-refractivity contribution is 9.08. The first kappa shape index (κ1) is 23.2. The van der Waals surface area contributed by atoms with Crippen molar-refractivity contribution in [1.82, 2.24) is 5.01 Å². The van der Waals surface area contributed by atoms with Crippen LogP contribution in [0, 0.1) is 11.8 Å². The molecule has 1 fully saturated rings. The molecule has 0 radical (unpaired) electrons. The molecule has 6 heteroatoms. The summed E-state index contributed by atoms with van der Waals surface area (Å²) in [6, 6.07) is 14.4. The summed E-state index contributed by atoms with van der Waals surface area (Å²) in [6.45, 7) is 0.472. The molecule has 1 saturated carbocycles. The largest absolute Gasteiger partial charge is 0.493 e. The van der Waals surface area contributed by atoms with E-state index < -0.39 is 0 Å². The van der Waals surface area contributed by atoms with Gasteiger partial charge in [-0.15, -0.1) is 0 Å². The third-order valence-corrected chi connectivity index (χ3v) is 7.80. The highest BCUT2D eigenvalue weighted by Gasteiger charge is 2.40. The Bertz CT molecular complexity index is 1090. The van der Waals surface area contributed by atoms with Crippen molar-refractivity contribution in [1.29, 1.82) is 0 Å². The van der Waals surface area contributed by atoms with Crippen molar-refractivity contribution in [3.8, 4) is 11.5 Å². The molecule has 2 atom stereocenters. The van der Waals surface area contributed by atoms with Gasteiger partial charge in [-0.25, -0.2) is 5.01 Å². The Morgan fingerprint density at radius 1 is 0.971 bits per heavy atom. The number of fused-ring (bicyclic) bond motifs is 1. The molecule has 34 heavy (non-hydrogen) atoms. The van der Waals surface area contributed by atoms with Crippen molar-refractivity contribution in [2.45, 2.75) is 56.5 Å². The molecule has 5 rings (SSSR count). The molecule has 0 unspecified atom stereocenters. The van der Waals surface area contributed by atoms with E-state index in [0.717, 1.165) is 59.4 Å².